The summed E-state index contributed by atoms with van der Waals surface area (Å²) >= 11 is 0. The molecule has 0 aliphatic carbocycles. The maximum atomic E-state index is 12.2. The third kappa shape index (κ3) is 5.85. The summed E-state index contributed by atoms with van der Waals surface area (Å²) < 4.78 is 10.7. The zero-order valence-corrected chi connectivity index (χ0v) is 14.4. The van der Waals surface area contributed by atoms with Gasteiger partial charge < -0.3 is 14.3 Å². The van der Waals surface area contributed by atoms with Gasteiger partial charge in [0.1, 0.15) is 5.60 Å². The first-order chi connectivity index (χ1) is 11.3. The first-order valence-electron chi connectivity index (χ1n) is 8.20. The van der Waals surface area contributed by atoms with Gasteiger partial charge >= 0.3 is 12.1 Å². The van der Waals surface area contributed by atoms with Gasteiger partial charge in [0.15, 0.2) is 0 Å². The lowest BCUT2D eigenvalue weighted by molar-refractivity contribution is -0.157. The Hall–Kier alpha value is -2.08. The van der Waals surface area contributed by atoms with Crippen LogP contribution in [-0.2, 0) is 25.5 Å². The number of benzene rings is 1. The molecule has 1 heterocycles. The third-order valence-corrected chi connectivity index (χ3v) is 3.71. The van der Waals surface area contributed by atoms with Crippen LogP contribution in [-0.4, -0.2) is 30.4 Å². The van der Waals surface area contributed by atoms with E-state index in [0.29, 0.717) is 13.0 Å². The average Bonchev–Trinajstić information content (AvgIpc) is 2.98. The minimum atomic E-state index is -0.782. The van der Waals surface area contributed by atoms with Crippen molar-refractivity contribution < 1.29 is 23.9 Å². The van der Waals surface area contributed by atoms with Crippen LogP contribution in [0.25, 0.3) is 0 Å². The van der Waals surface area contributed by atoms with Crippen molar-refractivity contribution in [3.05, 3.63) is 35.9 Å². The van der Waals surface area contributed by atoms with Gasteiger partial charge in [-0.2, -0.15) is 0 Å². The fourth-order valence-corrected chi connectivity index (χ4v) is 2.62. The molecule has 1 aromatic rings. The highest BCUT2D eigenvalue weighted by atomic mass is 16.7. The van der Waals surface area contributed by atoms with Crippen LogP contribution in [0, 0.1) is 5.92 Å². The van der Waals surface area contributed by atoms with Gasteiger partial charge in [0.2, 0.25) is 0 Å². The lowest BCUT2D eigenvalue weighted by atomic mass is 9.96. The molecule has 0 saturated carbocycles. The summed E-state index contributed by atoms with van der Waals surface area (Å²) in [4.78, 5) is 28.6. The lowest BCUT2D eigenvalue weighted by Crippen LogP contribution is -2.37. The van der Waals surface area contributed by atoms with Crippen molar-refractivity contribution in [3.8, 4) is 0 Å². The number of aryl methyl sites for hydroxylation is 1. The van der Waals surface area contributed by atoms with Gasteiger partial charge in [-0.1, -0.05) is 30.3 Å². The van der Waals surface area contributed by atoms with Crippen molar-refractivity contribution in [2.75, 3.05) is 6.61 Å². The van der Waals surface area contributed by atoms with Gasteiger partial charge in [-0.25, -0.2) is 9.59 Å². The largest absolute Gasteiger partial charge is 0.442 e. The molecule has 132 valence electrons. The second kappa shape index (κ2) is 8.15. The maximum Gasteiger partial charge on any atom is 0.441 e. The van der Waals surface area contributed by atoms with E-state index in [2.05, 4.69) is 0 Å². The Balaban J connectivity index is 1.79. The smallest absolute Gasteiger partial charge is 0.441 e. The Bertz CT molecular complexity index is 552. The third-order valence-electron chi connectivity index (χ3n) is 3.71. The lowest BCUT2D eigenvalue weighted by Gasteiger charge is -2.20. The van der Waals surface area contributed by atoms with Gasteiger partial charge in [0, 0.05) is 6.61 Å². The summed E-state index contributed by atoms with van der Waals surface area (Å²) in [5.74, 6) is -0.861. The van der Waals surface area contributed by atoms with Crippen molar-refractivity contribution in [3.63, 3.8) is 0 Å². The molecule has 1 amide bonds. The topological polar surface area (TPSA) is 73.9 Å². The molecule has 24 heavy (non-hydrogen) atoms. The van der Waals surface area contributed by atoms with Crippen LogP contribution in [0.4, 0.5) is 4.79 Å². The van der Waals surface area contributed by atoms with Gasteiger partial charge in [-0.3, -0.25) is 0 Å². The highest BCUT2D eigenvalue weighted by Crippen LogP contribution is 2.26. The normalized spacial score (nSPS) is 20.5. The second-order valence-corrected chi connectivity index (χ2v) is 6.85. The molecule has 0 radical (unpaired) electrons. The first kappa shape index (κ1) is 18.3. The van der Waals surface area contributed by atoms with E-state index in [1.807, 2.05) is 35.8 Å². The molecule has 6 nitrogen and oxygen atoms in total. The molecule has 0 spiro atoms. The van der Waals surface area contributed by atoms with Gasteiger partial charge in [0.25, 0.3) is 0 Å². The number of hydroxylamine groups is 1. The molecule has 1 fully saturated rings. The quantitative estimate of drug-likeness (QED) is 0.856. The monoisotopic (exact) mass is 335 g/mol. The fraction of sp³-hybridized carbons (Fsp3) is 0.556. The van der Waals surface area contributed by atoms with Crippen molar-refractivity contribution >= 4 is 12.1 Å². The molecule has 1 aliphatic rings. The number of amides is 1. The van der Waals surface area contributed by atoms with Crippen LogP contribution >= 0.6 is 0 Å². The number of ether oxygens (including phenoxy) is 2. The minimum Gasteiger partial charge on any atom is -0.442 e. The molecule has 1 unspecified atom stereocenters. The van der Waals surface area contributed by atoms with E-state index in [1.54, 1.807) is 20.8 Å². The molecule has 1 saturated heterocycles. The Morgan fingerprint density at radius 1 is 1.25 bits per heavy atom. The zero-order valence-electron chi connectivity index (χ0n) is 14.4. The molecule has 1 aromatic carbocycles. The summed E-state index contributed by atoms with van der Waals surface area (Å²) in [6.07, 6.45) is 1.17. The van der Waals surface area contributed by atoms with E-state index in [9.17, 15) is 9.59 Å². The molecule has 0 bridgehead atoms. The van der Waals surface area contributed by atoms with Gasteiger partial charge in [-0.05, 0) is 45.6 Å². The van der Waals surface area contributed by atoms with Crippen molar-refractivity contribution in [2.45, 2.75) is 51.7 Å². The van der Waals surface area contributed by atoms with Crippen molar-refractivity contribution in [1.82, 2.24) is 5.48 Å². The average molecular weight is 335 g/mol. The minimum absolute atomic E-state index is 0.196. The van der Waals surface area contributed by atoms with E-state index >= 15 is 0 Å². The van der Waals surface area contributed by atoms with E-state index in [-0.39, 0.29) is 12.0 Å². The molecule has 1 N–H and O–H groups in total. The Labute approximate surface area is 142 Å². The van der Waals surface area contributed by atoms with Crippen molar-refractivity contribution in [2.24, 2.45) is 5.92 Å². The Kier molecular flexibility index (Phi) is 6.20. The van der Waals surface area contributed by atoms with E-state index < -0.39 is 17.7 Å². The van der Waals surface area contributed by atoms with Crippen LogP contribution in [0.1, 0.15) is 39.2 Å². The van der Waals surface area contributed by atoms with Crippen LogP contribution in [0.15, 0.2) is 30.3 Å². The predicted molar refractivity (Wildman–Crippen MR) is 88.1 cm³/mol. The predicted octanol–water partition coefficient (Wildman–Crippen LogP) is 3.01. The highest BCUT2D eigenvalue weighted by molar-refractivity contribution is 5.76. The Morgan fingerprint density at radius 3 is 2.62 bits per heavy atom. The molecular weight excluding hydrogens is 310 g/mol. The standard InChI is InChI=1S/C18H25NO5/c1-18(2,3)23-17(21)19-24-16(20)14-11-12-22-15(14)10-9-13-7-5-4-6-8-13/h4-8,14-15H,9-12H2,1-3H3,(H,19,21)/t14?,15-/m0/s1. The van der Waals surface area contributed by atoms with E-state index in [1.165, 1.54) is 5.56 Å². The molecular formula is C18H25NO5. The summed E-state index contributed by atoms with van der Waals surface area (Å²) in [5, 5.41) is 0. The Morgan fingerprint density at radius 2 is 1.96 bits per heavy atom. The SMILES string of the molecule is CC(C)(C)OC(=O)NOC(=O)C1CCO[C@H]1CCc1ccccc1. The van der Waals surface area contributed by atoms with Crippen LogP contribution in [0.3, 0.4) is 0 Å². The summed E-state index contributed by atoms with van der Waals surface area (Å²) in [5.41, 5.74) is 2.60. The molecule has 1 aliphatic heterocycles. The number of hydrogen-bond donors (Lipinski definition) is 1. The van der Waals surface area contributed by atoms with E-state index in [4.69, 9.17) is 14.3 Å². The number of carbonyl (C=O) groups excluding carboxylic acids is 2. The molecule has 0 aromatic heterocycles. The van der Waals surface area contributed by atoms with Crippen LogP contribution in [0.5, 0.6) is 0 Å². The number of hydrogen-bond acceptors (Lipinski definition) is 5. The first-order valence-corrected chi connectivity index (χ1v) is 8.20. The number of carbonyl (C=O) groups is 2. The maximum absolute atomic E-state index is 12.2. The van der Waals surface area contributed by atoms with Gasteiger partial charge in [0.05, 0.1) is 12.0 Å². The number of nitrogens with one attached hydrogen (secondary N) is 1. The van der Waals surface area contributed by atoms with Crippen LogP contribution < -0.4 is 5.48 Å². The van der Waals surface area contributed by atoms with E-state index in [0.717, 1.165) is 12.8 Å². The second-order valence-electron chi connectivity index (χ2n) is 6.85. The summed E-state index contributed by atoms with van der Waals surface area (Å²) in [6, 6.07) is 10.0. The molecule has 2 atom stereocenters. The van der Waals surface area contributed by atoms with Crippen LogP contribution in [0.2, 0.25) is 0 Å². The summed E-state index contributed by atoms with van der Waals surface area (Å²) in [6.45, 7) is 5.72. The van der Waals surface area contributed by atoms with Gasteiger partial charge in [-0.15, -0.1) is 5.48 Å². The molecule has 2 rings (SSSR count). The fourth-order valence-electron chi connectivity index (χ4n) is 2.62. The number of rotatable bonds is 4. The highest BCUT2D eigenvalue weighted by Gasteiger charge is 2.35. The summed E-state index contributed by atoms with van der Waals surface area (Å²) in [7, 11) is 0. The van der Waals surface area contributed by atoms with Crippen molar-refractivity contribution in [1.29, 1.82) is 0 Å². The zero-order chi connectivity index (χ0) is 17.6. The molecule has 6 heteroatoms.